The lowest BCUT2D eigenvalue weighted by Gasteiger charge is -2.34. The van der Waals surface area contributed by atoms with Crippen molar-refractivity contribution in [2.24, 2.45) is 0 Å². The zero-order chi connectivity index (χ0) is 13.9. The van der Waals surface area contributed by atoms with E-state index in [-0.39, 0.29) is 11.3 Å². The minimum atomic E-state index is 0.132. The average Bonchev–Trinajstić information content (AvgIpc) is 2.87. The Morgan fingerprint density at radius 1 is 1.53 bits per heavy atom. The summed E-state index contributed by atoms with van der Waals surface area (Å²) >= 11 is 0. The molecule has 0 radical (unpaired) electrons. The smallest absolute Gasteiger partial charge is 0.242 e. The van der Waals surface area contributed by atoms with Crippen LogP contribution in [0.3, 0.4) is 0 Å². The molecule has 0 saturated carbocycles. The lowest BCUT2D eigenvalue weighted by atomic mass is 9.78. The van der Waals surface area contributed by atoms with Gasteiger partial charge in [0, 0.05) is 30.9 Å². The molecule has 0 spiro atoms. The Morgan fingerprint density at radius 2 is 2.21 bits per heavy atom. The first-order chi connectivity index (χ1) is 9.07. The molecule has 0 unspecified atom stereocenters. The molecular formula is C14H24N4O. The summed E-state index contributed by atoms with van der Waals surface area (Å²) < 4.78 is 2.01. The molecule has 0 atom stereocenters. The summed E-state index contributed by atoms with van der Waals surface area (Å²) in [6, 6.07) is 0. The second kappa shape index (κ2) is 5.74. The summed E-state index contributed by atoms with van der Waals surface area (Å²) in [4.78, 5) is 18.0. The molecule has 1 fully saturated rings. The van der Waals surface area contributed by atoms with Crippen LogP contribution in [0.1, 0.15) is 32.4 Å². The third kappa shape index (κ3) is 2.97. The van der Waals surface area contributed by atoms with Gasteiger partial charge in [-0.3, -0.25) is 4.79 Å². The van der Waals surface area contributed by atoms with Crippen molar-refractivity contribution in [3.05, 3.63) is 18.2 Å². The number of aromatic nitrogens is 2. The Labute approximate surface area is 115 Å². The molecule has 0 aromatic carbocycles. The number of nitrogens with one attached hydrogen (secondary N) is 1. The maximum atomic E-state index is 12.0. The molecule has 1 N–H and O–H groups in total. The standard InChI is InChI=1S/C14H24N4O/c1-4-17(3)13(19)10-18-11-16-9-12(18)14(2)5-7-15-8-6-14/h9,11,15H,4-8,10H2,1-3H3. The van der Waals surface area contributed by atoms with E-state index in [1.807, 2.05) is 24.7 Å². The van der Waals surface area contributed by atoms with Gasteiger partial charge in [0.2, 0.25) is 5.91 Å². The maximum absolute atomic E-state index is 12.0. The first-order valence-electron chi connectivity index (χ1n) is 7.02. The Bertz CT molecular complexity index is 434. The van der Waals surface area contributed by atoms with E-state index in [4.69, 9.17) is 0 Å². The summed E-state index contributed by atoms with van der Waals surface area (Å²) in [5, 5.41) is 3.38. The minimum Gasteiger partial charge on any atom is -0.344 e. The summed E-state index contributed by atoms with van der Waals surface area (Å²) in [6.45, 7) is 7.46. The van der Waals surface area contributed by atoms with E-state index in [1.165, 1.54) is 5.69 Å². The molecule has 1 aromatic rings. The number of hydrogen-bond acceptors (Lipinski definition) is 3. The SMILES string of the molecule is CCN(C)C(=O)Cn1cncc1C1(C)CCNCC1. The number of carbonyl (C=O) groups excluding carboxylic acids is 1. The van der Waals surface area contributed by atoms with Crippen LogP contribution >= 0.6 is 0 Å². The topological polar surface area (TPSA) is 50.2 Å². The first-order valence-corrected chi connectivity index (χ1v) is 7.02. The fraction of sp³-hybridized carbons (Fsp3) is 0.714. The summed E-state index contributed by atoms with van der Waals surface area (Å²) in [5.41, 5.74) is 1.32. The zero-order valence-corrected chi connectivity index (χ0v) is 12.1. The fourth-order valence-electron chi connectivity index (χ4n) is 2.63. The van der Waals surface area contributed by atoms with Crippen molar-refractivity contribution in [3.8, 4) is 0 Å². The van der Waals surface area contributed by atoms with Crippen molar-refractivity contribution in [2.75, 3.05) is 26.7 Å². The van der Waals surface area contributed by atoms with Gasteiger partial charge in [0.1, 0.15) is 6.54 Å². The normalized spacial score (nSPS) is 18.3. The second-order valence-corrected chi connectivity index (χ2v) is 5.63. The molecule has 1 saturated heterocycles. The second-order valence-electron chi connectivity index (χ2n) is 5.63. The quantitative estimate of drug-likeness (QED) is 0.883. The van der Waals surface area contributed by atoms with Gasteiger partial charge in [-0.2, -0.15) is 0 Å². The van der Waals surface area contributed by atoms with Crippen LogP contribution in [0.4, 0.5) is 0 Å². The predicted molar refractivity (Wildman–Crippen MR) is 75.0 cm³/mol. The highest BCUT2D eigenvalue weighted by molar-refractivity contribution is 5.75. The molecule has 2 heterocycles. The zero-order valence-electron chi connectivity index (χ0n) is 12.1. The fourth-order valence-corrected chi connectivity index (χ4v) is 2.63. The number of rotatable bonds is 4. The van der Waals surface area contributed by atoms with Crippen LogP contribution in [-0.4, -0.2) is 47.0 Å². The van der Waals surface area contributed by atoms with Crippen molar-refractivity contribution in [1.29, 1.82) is 0 Å². The van der Waals surface area contributed by atoms with Crippen LogP contribution in [0.25, 0.3) is 0 Å². The van der Waals surface area contributed by atoms with Gasteiger partial charge in [0.25, 0.3) is 0 Å². The molecular weight excluding hydrogens is 240 g/mol. The molecule has 1 aliphatic rings. The van der Waals surface area contributed by atoms with Gasteiger partial charge < -0.3 is 14.8 Å². The third-order valence-electron chi connectivity index (χ3n) is 4.24. The number of likely N-dealkylation sites (N-methyl/N-ethyl adjacent to an activating group) is 1. The lowest BCUT2D eigenvalue weighted by Crippen LogP contribution is -2.40. The van der Waals surface area contributed by atoms with Gasteiger partial charge in [0.15, 0.2) is 0 Å². The Morgan fingerprint density at radius 3 is 2.84 bits per heavy atom. The summed E-state index contributed by atoms with van der Waals surface area (Å²) in [5.74, 6) is 0.138. The van der Waals surface area contributed by atoms with Crippen molar-refractivity contribution in [3.63, 3.8) is 0 Å². The number of imidazole rings is 1. The van der Waals surface area contributed by atoms with Crippen molar-refractivity contribution >= 4 is 5.91 Å². The van der Waals surface area contributed by atoms with E-state index in [0.29, 0.717) is 6.54 Å². The van der Waals surface area contributed by atoms with Crippen molar-refractivity contribution in [1.82, 2.24) is 19.8 Å². The number of amides is 1. The first kappa shape index (κ1) is 14.1. The number of nitrogens with zero attached hydrogens (tertiary/aromatic N) is 3. The molecule has 5 nitrogen and oxygen atoms in total. The molecule has 19 heavy (non-hydrogen) atoms. The number of carbonyl (C=O) groups is 1. The molecule has 5 heteroatoms. The highest BCUT2D eigenvalue weighted by Gasteiger charge is 2.32. The minimum absolute atomic E-state index is 0.132. The van der Waals surface area contributed by atoms with Gasteiger partial charge in [-0.1, -0.05) is 6.92 Å². The molecule has 106 valence electrons. The van der Waals surface area contributed by atoms with Gasteiger partial charge in [0.05, 0.1) is 6.33 Å². The molecule has 0 aliphatic carbocycles. The summed E-state index contributed by atoms with van der Waals surface area (Å²) in [6.07, 6.45) is 5.89. The predicted octanol–water partition coefficient (Wildman–Crippen LogP) is 1.00. The number of hydrogen-bond donors (Lipinski definition) is 1. The molecule has 1 aliphatic heterocycles. The van der Waals surface area contributed by atoms with Gasteiger partial charge in [-0.25, -0.2) is 4.98 Å². The Balaban J connectivity index is 2.15. The van der Waals surface area contributed by atoms with Crippen LogP contribution in [0.2, 0.25) is 0 Å². The molecule has 1 aromatic heterocycles. The largest absolute Gasteiger partial charge is 0.344 e. The Kier molecular flexibility index (Phi) is 4.24. The van der Waals surface area contributed by atoms with E-state index in [1.54, 1.807) is 11.2 Å². The van der Waals surface area contributed by atoms with Gasteiger partial charge >= 0.3 is 0 Å². The lowest BCUT2D eigenvalue weighted by molar-refractivity contribution is -0.130. The van der Waals surface area contributed by atoms with Gasteiger partial charge in [-0.15, -0.1) is 0 Å². The van der Waals surface area contributed by atoms with Crippen LogP contribution in [-0.2, 0) is 16.8 Å². The van der Waals surface area contributed by atoms with E-state index in [2.05, 4.69) is 17.2 Å². The highest BCUT2D eigenvalue weighted by atomic mass is 16.2. The van der Waals surface area contributed by atoms with E-state index in [9.17, 15) is 4.79 Å². The van der Waals surface area contributed by atoms with E-state index >= 15 is 0 Å². The molecule has 0 bridgehead atoms. The molecule has 2 rings (SSSR count). The van der Waals surface area contributed by atoms with Crippen LogP contribution in [0, 0.1) is 0 Å². The summed E-state index contributed by atoms with van der Waals surface area (Å²) in [7, 11) is 1.84. The highest BCUT2D eigenvalue weighted by Crippen LogP contribution is 2.32. The van der Waals surface area contributed by atoms with Gasteiger partial charge in [-0.05, 0) is 32.9 Å². The number of piperidine rings is 1. The average molecular weight is 264 g/mol. The van der Waals surface area contributed by atoms with Crippen LogP contribution < -0.4 is 5.32 Å². The Hall–Kier alpha value is -1.36. The van der Waals surface area contributed by atoms with E-state index in [0.717, 1.165) is 32.5 Å². The van der Waals surface area contributed by atoms with Crippen molar-refractivity contribution in [2.45, 2.75) is 38.6 Å². The van der Waals surface area contributed by atoms with Crippen LogP contribution in [0.15, 0.2) is 12.5 Å². The maximum Gasteiger partial charge on any atom is 0.242 e. The molecule has 1 amide bonds. The van der Waals surface area contributed by atoms with E-state index < -0.39 is 0 Å². The third-order valence-corrected chi connectivity index (χ3v) is 4.24. The monoisotopic (exact) mass is 264 g/mol. The van der Waals surface area contributed by atoms with Crippen molar-refractivity contribution < 1.29 is 4.79 Å². The van der Waals surface area contributed by atoms with Crippen LogP contribution in [0.5, 0.6) is 0 Å².